The van der Waals surface area contributed by atoms with Gasteiger partial charge in [0.1, 0.15) is 10.5 Å². The second-order valence-corrected chi connectivity index (χ2v) is 8.55. The molecule has 7 heteroatoms. The molecular weight excluding hydrogens is 292 g/mol. The summed E-state index contributed by atoms with van der Waals surface area (Å²) in [6, 6.07) is 1.89. The van der Waals surface area contributed by atoms with Crippen LogP contribution >= 0.6 is 0 Å². The van der Waals surface area contributed by atoms with Crippen molar-refractivity contribution in [3.05, 3.63) is 17.5 Å². The van der Waals surface area contributed by atoms with E-state index < -0.39 is 14.6 Å². The van der Waals surface area contributed by atoms with Crippen molar-refractivity contribution >= 4 is 9.84 Å². The number of aromatic nitrogens is 1. The third-order valence-corrected chi connectivity index (χ3v) is 7.27. The van der Waals surface area contributed by atoms with E-state index in [0.717, 1.165) is 17.9 Å². The summed E-state index contributed by atoms with van der Waals surface area (Å²) in [6.45, 7) is 6.79. The fraction of sp³-hybridized carbons (Fsp3) is 0.786. The standard InChI is InChI=1S/C14H22N2O4S/c1-3-19-8-12-4-5-21(17,18)14(12)9-16(10-14)7-13-6-11(2)20-15-13/h6,12H,3-5,7-10H2,1-2H3/t12-/m0/s1. The molecule has 0 amide bonds. The number of aryl methyl sites for hydroxylation is 1. The Morgan fingerprint density at radius 3 is 2.90 bits per heavy atom. The molecule has 2 saturated heterocycles. The zero-order valence-electron chi connectivity index (χ0n) is 12.5. The van der Waals surface area contributed by atoms with E-state index in [9.17, 15) is 8.42 Å². The molecular formula is C14H22N2O4S. The Bertz CT molecular complexity index is 604. The molecule has 3 heterocycles. The lowest BCUT2D eigenvalue weighted by atomic mass is 9.83. The summed E-state index contributed by atoms with van der Waals surface area (Å²) in [7, 11) is -3.01. The van der Waals surface area contributed by atoms with Crippen LogP contribution in [0.25, 0.3) is 0 Å². The Morgan fingerprint density at radius 1 is 1.52 bits per heavy atom. The molecule has 21 heavy (non-hydrogen) atoms. The molecule has 2 aliphatic rings. The Balaban J connectivity index is 1.67. The van der Waals surface area contributed by atoms with Gasteiger partial charge in [0.2, 0.25) is 0 Å². The van der Waals surface area contributed by atoms with Crippen LogP contribution < -0.4 is 0 Å². The topological polar surface area (TPSA) is 72.6 Å². The predicted molar refractivity (Wildman–Crippen MR) is 77.6 cm³/mol. The van der Waals surface area contributed by atoms with Crippen LogP contribution in [-0.2, 0) is 21.1 Å². The molecule has 0 N–H and O–H groups in total. The van der Waals surface area contributed by atoms with Crippen LogP contribution in [0.2, 0.25) is 0 Å². The fourth-order valence-electron chi connectivity index (χ4n) is 3.51. The number of sulfone groups is 1. The van der Waals surface area contributed by atoms with Crippen LogP contribution in [0, 0.1) is 12.8 Å². The maximum absolute atomic E-state index is 12.4. The van der Waals surface area contributed by atoms with Gasteiger partial charge in [0.25, 0.3) is 0 Å². The number of rotatable bonds is 5. The average Bonchev–Trinajstić information content (AvgIpc) is 2.89. The van der Waals surface area contributed by atoms with Crippen LogP contribution in [-0.4, -0.2) is 55.3 Å². The first-order valence-corrected chi connectivity index (χ1v) is 9.07. The van der Waals surface area contributed by atoms with Crippen molar-refractivity contribution < 1.29 is 17.7 Å². The van der Waals surface area contributed by atoms with E-state index in [2.05, 4.69) is 10.1 Å². The van der Waals surface area contributed by atoms with Crippen LogP contribution in [0.15, 0.2) is 10.6 Å². The van der Waals surface area contributed by atoms with Crippen LogP contribution in [0.3, 0.4) is 0 Å². The lowest BCUT2D eigenvalue weighted by molar-refractivity contribution is 0.0282. The summed E-state index contributed by atoms with van der Waals surface area (Å²) in [5, 5.41) is 3.97. The smallest absolute Gasteiger partial charge is 0.158 e. The molecule has 0 bridgehead atoms. The molecule has 1 aromatic rings. The molecule has 2 fully saturated rings. The van der Waals surface area contributed by atoms with Crippen molar-refractivity contribution in [2.24, 2.45) is 5.92 Å². The summed E-state index contributed by atoms with van der Waals surface area (Å²) >= 11 is 0. The molecule has 3 rings (SSSR count). The monoisotopic (exact) mass is 314 g/mol. The second kappa shape index (κ2) is 5.37. The second-order valence-electron chi connectivity index (χ2n) is 6.10. The van der Waals surface area contributed by atoms with Gasteiger partial charge in [-0.15, -0.1) is 0 Å². The Morgan fingerprint density at radius 2 is 2.29 bits per heavy atom. The average molecular weight is 314 g/mol. The van der Waals surface area contributed by atoms with Crippen LogP contribution in [0.1, 0.15) is 24.8 Å². The molecule has 1 atom stereocenters. The molecule has 2 aliphatic heterocycles. The predicted octanol–water partition coefficient (Wildman–Crippen LogP) is 1.01. The number of nitrogens with zero attached hydrogens (tertiary/aromatic N) is 2. The van der Waals surface area contributed by atoms with Crippen molar-refractivity contribution in [2.75, 3.05) is 32.1 Å². The molecule has 0 saturated carbocycles. The molecule has 1 spiro atoms. The summed E-state index contributed by atoms with van der Waals surface area (Å²) in [6.07, 6.45) is 0.721. The van der Waals surface area contributed by atoms with Crippen molar-refractivity contribution in [3.63, 3.8) is 0 Å². The summed E-state index contributed by atoms with van der Waals surface area (Å²) < 4.78 is 34.8. The zero-order chi connectivity index (χ0) is 15.1. The Labute approximate surface area is 125 Å². The number of likely N-dealkylation sites (tertiary alicyclic amines) is 1. The van der Waals surface area contributed by atoms with E-state index in [1.54, 1.807) is 0 Å². The van der Waals surface area contributed by atoms with Gasteiger partial charge in [0.15, 0.2) is 9.84 Å². The molecule has 0 aromatic carbocycles. The summed E-state index contributed by atoms with van der Waals surface area (Å²) in [4.78, 5) is 2.12. The van der Waals surface area contributed by atoms with E-state index in [1.807, 2.05) is 19.9 Å². The van der Waals surface area contributed by atoms with Crippen molar-refractivity contribution in [1.29, 1.82) is 0 Å². The normalized spacial score (nSPS) is 27.0. The quantitative estimate of drug-likeness (QED) is 0.807. The van der Waals surface area contributed by atoms with Gasteiger partial charge < -0.3 is 9.26 Å². The lowest BCUT2D eigenvalue weighted by Crippen LogP contribution is -2.67. The third-order valence-electron chi connectivity index (χ3n) is 4.67. The van der Waals surface area contributed by atoms with Gasteiger partial charge in [-0.2, -0.15) is 0 Å². The molecule has 0 unspecified atom stereocenters. The highest BCUT2D eigenvalue weighted by atomic mass is 32.2. The van der Waals surface area contributed by atoms with Crippen molar-refractivity contribution in [3.8, 4) is 0 Å². The molecule has 1 aromatic heterocycles. The SMILES string of the molecule is CCOC[C@@H]1CCS(=O)(=O)C12CN(Cc1cc(C)on1)C2. The number of hydrogen-bond donors (Lipinski definition) is 0. The van der Waals surface area contributed by atoms with Gasteiger partial charge in [-0.3, -0.25) is 4.90 Å². The zero-order valence-corrected chi connectivity index (χ0v) is 13.4. The maximum atomic E-state index is 12.4. The Kier molecular flexibility index (Phi) is 3.83. The van der Waals surface area contributed by atoms with Gasteiger partial charge in [0.05, 0.1) is 18.1 Å². The van der Waals surface area contributed by atoms with Gasteiger partial charge in [-0.25, -0.2) is 8.42 Å². The maximum Gasteiger partial charge on any atom is 0.158 e. The summed E-state index contributed by atoms with van der Waals surface area (Å²) in [5.41, 5.74) is 0.860. The van der Waals surface area contributed by atoms with E-state index >= 15 is 0 Å². The van der Waals surface area contributed by atoms with E-state index in [0.29, 0.717) is 38.6 Å². The van der Waals surface area contributed by atoms with Gasteiger partial charge >= 0.3 is 0 Å². The summed E-state index contributed by atoms with van der Waals surface area (Å²) in [5.74, 6) is 1.20. The largest absolute Gasteiger partial charge is 0.381 e. The Hall–Kier alpha value is -0.920. The van der Waals surface area contributed by atoms with Gasteiger partial charge in [-0.05, 0) is 20.3 Å². The molecule has 6 nitrogen and oxygen atoms in total. The molecule has 0 radical (unpaired) electrons. The van der Waals surface area contributed by atoms with Crippen molar-refractivity contribution in [1.82, 2.24) is 10.1 Å². The first-order valence-electron chi connectivity index (χ1n) is 7.41. The minimum absolute atomic E-state index is 0.123. The van der Waals surface area contributed by atoms with E-state index in [1.165, 1.54) is 0 Å². The van der Waals surface area contributed by atoms with Gasteiger partial charge in [0, 0.05) is 38.2 Å². The lowest BCUT2D eigenvalue weighted by Gasteiger charge is -2.49. The van der Waals surface area contributed by atoms with E-state index in [-0.39, 0.29) is 5.92 Å². The fourth-order valence-corrected chi connectivity index (χ4v) is 5.97. The first kappa shape index (κ1) is 15.0. The minimum atomic E-state index is -3.01. The molecule has 0 aliphatic carbocycles. The minimum Gasteiger partial charge on any atom is -0.381 e. The van der Waals surface area contributed by atoms with E-state index in [4.69, 9.17) is 9.26 Å². The molecule has 118 valence electrons. The first-order chi connectivity index (χ1) is 9.97. The number of hydrogen-bond acceptors (Lipinski definition) is 6. The third kappa shape index (κ3) is 2.51. The highest BCUT2D eigenvalue weighted by Gasteiger charge is 2.61. The van der Waals surface area contributed by atoms with Crippen molar-refractivity contribution in [2.45, 2.75) is 31.6 Å². The highest BCUT2D eigenvalue weighted by Crippen LogP contribution is 2.45. The van der Waals surface area contributed by atoms with Crippen LogP contribution in [0.5, 0.6) is 0 Å². The number of ether oxygens (including phenoxy) is 1. The van der Waals surface area contributed by atoms with Gasteiger partial charge in [-0.1, -0.05) is 5.16 Å². The van der Waals surface area contributed by atoms with Crippen LogP contribution in [0.4, 0.5) is 0 Å². The highest BCUT2D eigenvalue weighted by molar-refractivity contribution is 7.93.